The van der Waals surface area contributed by atoms with Crippen LogP contribution in [0.5, 0.6) is 0 Å². The third-order valence-corrected chi connectivity index (χ3v) is 3.98. The van der Waals surface area contributed by atoms with Crippen LogP contribution in [0, 0.1) is 5.92 Å². The van der Waals surface area contributed by atoms with Gasteiger partial charge in [-0.3, -0.25) is 9.69 Å². The molecule has 0 aliphatic carbocycles. The number of nitrogens with zero attached hydrogens (tertiary/aromatic N) is 1. The van der Waals surface area contributed by atoms with Crippen LogP contribution in [0.2, 0.25) is 0 Å². The largest absolute Gasteiger partial charge is 0.464 e. The number of hydrogen-bond donors (Lipinski definition) is 0. The van der Waals surface area contributed by atoms with Crippen molar-refractivity contribution in [1.29, 1.82) is 0 Å². The monoisotopic (exact) mass is 269 g/mol. The van der Waals surface area contributed by atoms with E-state index in [4.69, 9.17) is 4.74 Å². The molecular weight excluding hydrogens is 238 g/mol. The predicted octanol–water partition coefficient (Wildman–Crippen LogP) is 3.62. The topological polar surface area (TPSA) is 29.5 Å². The lowest BCUT2D eigenvalue weighted by Gasteiger charge is -2.26. The Labute approximate surface area is 118 Å². The maximum Gasteiger partial charge on any atom is 0.308 e. The van der Waals surface area contributed by atoms with Gasteiger partial charge in [-0.1, -0.05) is 39.5 Å². The lowest BCUT2D eigenvalue weighted by molar-refractivity contribution is -0.149. The standard InChI is InChI=1S/C16H31NO2/c1-3-5-10-15(9-4-2)16(18)19-14-13-17-11-7-6-8-12-17/h15H,3-14H2,1-2H3. The van der Waals surface area contributed by atoms with E-state index in [0.717, 1.165) is 38.6 Å². The highest BCUT2D eigenvalue weighted by molar-refractivity contribution is 5.72. The minimum Gasteiger partial charge on any atom is -0.464 e. The summed E-state index contributed by atoms with van der Waals surface area (Å²) < 4.78 is 5.48. The third-order valence-electron chi connectivity index (χ3n) is 3.98. The van der Waals surface area contributed by atoms with Crippen LogP contribution in [-0.4, -0.2) is 37.1 Å². The maximum atomic E-state index is 12.0. The van der Waals surface area contributed by atoms with E-state index in [2.05, 4.69) is 18.7 Å². The third kappa shape index (κ3) is 6.95. The number of hydrogen-bond acceptors (Lipinski definition) is 3. The summed E-state index contributed by atoms with van der Waals surface area (Å²) in [4.78, 5) is 14.5. The molecule has 3 nitrogen and oxygen atoms in total. The van der Waals surface area contributed by atoms with Crippen LogP contribution in [0.1, 0.15) is 65.2 Å². The van der Waals surface area contributed by atoms with Crippen molar-refractivity contribution in [2.45, 2.75) is 65.2 Å². The van der Waals surface area contributed by atoms with Crippen molar-refractivity contribution >= 4 is 5.97 Å². The van der Waals surface area contributed by atoms with Crippen molar-refractivity contribution in [3.05, 3.63) is 0 Å². The first-order valence-corrected chi connectivity index (χ1v) is 8.16. The molecule has 1 unspecified atom stereocenters. The van der Waals surface area contributed by atoms with Crippen LogP contribution in [0.15, 0.2) is 0 Å². The fourth-order valence-electron chi connectivity index (χ4n) is 2.76. The number of rotatable bonds is 9. The van der Waals surface area contributed by atoms with E-state index in [1.165, 1.54) is 32.4 Å². The molecule has 112 valence electrons. The zero-order valence-electron chi connectivity index (χ0n) is 12.8. The summed E-state index contributed by atoms with van der Waals surface area (Å²) in [5.41, 5.74) is 0. The van der Waals surface area contributed by atoms with Crippen LogP contribution in [0.25, 0.3) is 0 Å². The number of esters is 1. The molecule has 0 N–H and O–H groups in total. The van der Waals surface area contributed by atoms with Crippen LogP contribution in [-0.2, 0) is 9.53 Å². The Balaban J connectivity index is 2.18. The average Bonchev–Trinajstić information content (AvgIpc) is 2.44. The first-order valence-electron chi connectivity index (χ1n) is 8.16. The zero-order valence-corrected chi connectivity index (χ0v) is 12.8. The summed E-state index contributed by atoms with van der Waals surface area (Å²) in [6.07, 6.45) is 9.26. The zero-order chi connectivity index (χ0) is 13.9. The SMILES string of the molecule is CCCCC(CCC)C(=O)OCCN1CCCCC1. The quantitative estimate of drug-likeness (QED) is 0.599. The summed E-state index contributed by atoms with van der Waals surface area (Å²) in [7, 11) is 0. The fourth-order valence-corrected chi connectivity index (χ4v) is 2.76. The van der Waals surface area contributed by atoms with E-state index in [1.807, 2.05) is 0 Å². The smallest absolute Gasteiger partial charge is 0.308 e. The molecule has 0 amide bonds. The minimum absolute atomic E-state index is 0.0345. The fraction of sp³-hybridized carbons (Fsp3) is 0.938. The van der Waals surface area contributed by atoms with Crippen molar-refractivity contribution in [3.63, 3.8) is 0 Å². The van der Waals surface area contributed by atoms with Crippen molar-refractivity contribution in [3.8, 4) is 0 Å². The lowest BCUT2D eigenvalue weighted by Crippen LogP contribution is -2.33. The number of ether oxygens (including phenoxy) is 1. The van der Waals surface area contributed by atoms with Gasteiger partial charge in [-0.2, -0.15) is 0 Å². The molecule has 19 heavy (non-hydrogen) atoms. The van der Waals surface area contributed by atoms with Crippen molar-refractivity contribution in [2.24, 2.45) is 5.92 Å². The van der Waals surface area contributed by atoms with Gasteiger partial charge in [-0.25, -0.2) is 0 Å². The number of likely N-dealkylation sites (tertiary alicyclic amines) is 1. The molecule has 0 spiro atoms. The van der Waals surface area contributed by atoms with Crippen LogP contribution in [0.3, 0.4) is 0 Å². The second-order valence-corrected chi connectivity index (χ2v) is 5.70. The van der Waals surface area contributed by atoms with Gasteiger partial charge in [0.15, 0.2) is 0 Å². The molecule has 1 atom stereocenters. The Morgan fingerprint density at radius 3 is 2.47 bits per heavy atom. The van der Waals surface area contributed by atoms with Crippen molar-refractivity contribution in [2.75, 3.05) is 26.2 Å². The van der Waals surface area contributed by atoms with E-state index in [-0.39, 0.29) is 11.9 Å². The lowest BCUT2D eigenvalue weighted by atomic mass is 9.97. The molecular formula is C16H31NO2. The highest BCUT2D eigenvalue weighted by Gasteiger charge is 2.19. The molecule has 1 aliphatic rings. The molecule has 0 aromatic rings. The second-order valence-electron chi connectivity index (χ2n) is 5.70. The van der Waals surface area contributed by atoms with Crippen LogP contribution < -0.4 is 0 Å². The molecule has 1 aliphatic heterocycles. The van der Waals surface area contributed by atoms with Gasteiger partial charge >= 0.3 is 5.97 Å². The van der Waals surface area contributed by atoms with Gasteiger partial charge in [-0.05, 0) is 38.8 Å². The number of carbonyl (C=O) groups is 1. The first-order chi connectivity index (χ1) is 9.27. The number of piperidine rings is 1. The van der Waals surface area contributed by atoms with Gasteiger partial charge in [0.05, 0.1) is 5.92 Å². The molecule has 0 saturated carbocycles. The van der Waals surface area contributed by atoms with Crippen LogP contribution >= 0.6 is 0 Å². The van der Waals surface area contributed by atoms with Gasteiger partial charge in [-0.15, -0.1) is 0 Å². The van der Waals surface area contributed by atoms with E-state index in [9.17, 15) is 4.79 Å². The molecule has 1 saturated heterocycles. The van der Waals surface area contributed by atoms with E-state index < -0.39 is 0 Å². The number of carbonyl (C=O) groups excluding carboxylic acids is 1. The Bertz CT molecular complexity index is 237. The molecule has 0 aromatic carbocycles. The van der Waals surface area contributed by atoms with E-state index in [0.29, 0.717) is 6.61 Å². The summed E-state index contributed by atoms with van der Waals surface area (Å²) in [6.45, 7) is 8.14. The van der Waals surface area contributed by atoms with Crippen molar-refractivity contribution in [1.82, 2.24) is 4.90 Å². The molecule has 1 fully saturated rings. The predicted molar refractivity (Wildman–Crippen MR) is 79.2 cm³/mol. The maximum absolute atomic E-state index is 12.0. The molecule has 1 heterocycles. The molecule has 1 rings (SSSR count). The highest BCUT2D eigenvalue weighted by Crippen LogP contribution is 2.16. The molecule has 3 heteroatoms. The van der Waals surface area contributed by atoms with Gasteiger partial charge in [0.2, 0.25) is 0 Å². The Hall–Kier alpha value is -0.570. The summed E-state index contributed by atoms with van der Waals surface area (Å²) >= 11 is 0. The minimum atomic E-state index is 0.0345. The molecule has 0 aromatic heterocycles. The number of unbranched alkanes of at least 4 members (excludes halogenated alkanes) is 1. The summed E-state index contributed by atoms with van der Waals surface area (Å²) in [5, 5.41) is 0. The highest BCUT2D eigenvalue weighted by atomic mass is 16.5. The first kappa shape index (κ1) is 16.5. The van der Waals surface area contributed by atoms with E-state index >= 15 is 0 Å². The van der Waals surface area contributed by atoms with Gasteiger partial charge in [0.1, 0.15) is 6.61 Å². The van der Waals surface area contributed by atoms with Gasteiger partial charge in [0, 0.05) is 6.54 Å². The van der Waals surface area contributed by atoms with Gasteiger partial charge in [0.25, 0.3) is 0 Å². The Kier molecular flexibility index (Phi) is 8.89. The van der Waals surface area contributed by atoms with Crippen LogP contribution in [0.4, 0.5) is 0 Å². The summed E-state index contributed by atoms with van der Waals surface area (Å²) in [5.74, 6) is 0.165. The van der Waals surface area contributed by atoms with Gasteiger partial charge < -0.3 is 4.74 Å². The van der Waals surface area contributed by atoms with Crippen molar-refractivity contribution < 1.29 is 9.53 Å². The van der Waals surface area contributed by atoms with E-state index in [1.54, 1.807) is 0 Å². The normalized spacial score (nSPS) is 18.2. The molecule has 0 bridgehead atoms. The average molecular weight is 269 g/mol. The Morgan fingerprint density at radius 2 is 1.84 bits per heavy atom. The summed E-state index contributed by atoms with van der Waals surface area (Å²) in [6, 6.07) is 0. The second kappa shape index (κ2) is 10.2. The molecule has 0 radical (unpaired) electrons. The Morgan fingerprint density at radius 1 is 1.11 bits per heavy atom.